The monoisotopic (exact) mass is 237 g/mol. The number of fused-ring (bicyclic) bond motifs is 1. The van der Waals surface area contributed by atoms with Crippen LogP contribution in [0.15, 0.2) is 0 Å². The van der Waals surface area contributed by atoms with Crippen LogP contribution in [0.25, 0.3) is 0 Å². The number of carbonyl (C=O) groups is 1. The van der Waals surface area contributed by atoms with Crippen molar-refractivity contribution in [3.63, 3.8) is 0 Å². The van der Waals surface area contributed by atoms with E-state index in [1.54, 1.807) is 0 Å². The van der Waals surface area contributed by atoms with Gasteiger partial charge in [-0.15, -0.1) is 0 Å². The molecule has 2 nitrogen and oxygen atoms in total. The highest BCUT2D eigenvalue weighted by Crippen LogP contribution is 2.65. The van der Waals surface area contributed by atoms with Gasteiger partial charge < -0.3 is 4.90 Å². The topological polar surface area (TPSA) is 20.3 Å². The maximum Gasteiger partial charge on any atom is 0.209 e. The molecule has 98 valence electrons. The molecule has 4 unspecified atom stereocenters. The van der Waals surface area contributed by atoms with Gasteiger partial charge in [-0.1, -0.05) is 47.0 Å². The summed E-state index contributed by atoms with van der Waals surface area (Å²) in [4.78, 5) is 13.2. The van der Waals surface area contributed by atoms with Crippen LogP contribution >= 0.6 is 0 Å². The lowest BCUT2D eigenvalue weighted by Crippen LogP contribution is -2.39. The van der Waals surface area contributed by atoms with Crippen molar-refractivity contribution in [3.8, 4) is 0 Å². The highest BCUT2D eigenvalue weighted by Gasteiger charge is 2.67. The summed E-state index contributed by atoms with van der Waals surface area (Å²) >= 11 is 0. The molecule has 1 aliphatic carbocycles. The number of unbranched alkanes of at least 4 members (excludes halogenated alkanes) is 2. The number of hydrogen-bond acceptors (Lipinski definition) is 1. The summed E-state index contributed by atoms with van der Waals surface area (Å²) in [7, 11) is 0. The van der Waals surface area contributed by atoms with Crippen LogP contribution in [0.3, 0.4) is 0 Å². The summed E-state index contributed by atoms with van der Waals surface area (Å²) in [6.45, 7) is 10.3. The Morgan fingerprint density at radius 2 is 2.12 bits per heavy atom. The van der Waals surface area contributed by atoms with E-state index in [1.165, 1.54) is 25.7 Å². The Morgan fingerprint density at radius 1 is 1.41 bits per heavy atom. The molecule has 0 aromatic rings. The molecule has 17 heavy (non-hydrogen) atoms. The predicted molar refractivity (Wildman–Crippen MR) is 70.6 cm³/mol. The predicted octanol–water partition coefficient (Wildman–Crippen LogP) is 3.32. The van der Waals surface area contributed by atoms with E-state index in [2.05, 4.69) is 32.6 Å². The van der Waals surface area contributed by atoms with Crippen LogP contribution in [0.1, 0.15) is 53.4 Å². The van der Waals surface area contributed by atoms with Crippen LogP contribution in [0.2, 0.25) is 0 Å². The van der Waals surface area contributed by atoms with Gasteiger partial charge in [-0.25, -0.2) is 0 Å². The van der Waals surface area contributed by atoms with E-state index in [1.807, 2.05) is 0 Å². The molecule has 2 heteroatoms. The van der Waals surface area contributed by atoms with E-state index in [0.717, 1.165) is 24.8 Å². The molecule has 0 spiro atoms. The van der Waals surface area contributed by atoms with Gasteiger partial charge >= 0.3 is 0 Å². The third-order valence-electron chi connectivity index (χ3n) is 5.28. The average molecular weight is 237 g/mol. The fourth-order valence-electron chi connectivity index (χ4n) is 4.05. The zero-order valence-electron chi connectivity index (χ0n) is 11.8. The van der Waals surface area contributed by atoms with Gasteiger partial charge in [0.25, 0.3) is 0 Å². The van der Waals surface area contributed by atoms with E-state index in [-0.39, 0.29) is 0 Å². The lowest BCUT2D eigenvalue weighted by molar-refractivity contribution is -0.121. The second-order valence-corrected chi connectivity index (χ2v) is 6.72. The first-order valence-corrected chi connectivity index (χ1v) is 7.25. The van der Waals surface area contributed by atoms with Crippen LogP contribution in [-0.4, -0.2) is 23.9 Å². The van der Waals surface area contributed by atoms with Crippen molar-refractivity contribution in [3.05, 3.63) is 0 Å². The van der Waals surface area contributed by atoms with E-state index in [9.17, 15) is 4.79 Å². The highest BCUT2D eigenvalue weighted by molar-refractivity contribution is 5.50. The van der Waals surface area contributed by atoms with Crippen molar-refractivity contribution < 1.29 is 4.79 Å². The maximum atomic E-state index is 11.2. The summed E-state index contributed by atoms with van der Waals surface area (Å²) in [6.07, 6.45) is 6.30. The Balaban J connectivity index is 1.94. The van der Waals surface area contributed by atoms with Gasteiger partial charge in [0.1, 0.15) is 0 Å². The first-order chi connectivity index (χ1) is 8.04. The fourth-order valence-corrected chi connectivity index (χ4v) is 4.05. The molecule has 2 fully saturated rings. The number of rotatable bonds is 6. The van der Waals surface area contributed by atoms with Gasteiger partial charge in [0.15, 0.2) is 0 Å². The minimum atomic E-state index is 0.489. The number of likely N-dealkylation sites (tertiary alicyclic amines) is 1. The van der Waals surface area contributed by atoms with Crippen LogP contribution in [0.4, 0.5) is 0 Å². The lowest BCUT2D eigenvalue weighted by Gasteiger charge is -2.32. The third-order valence-corrected chi connectivity index (χ3v) is 5.28. The molecule has 0 bridgehead atoms. The summed E-state index contributed by atoms with van der Waals surface area (Å²) in [5.41, 5.74) is 0.489. The third kappa shape index (κ3) is 2.11. The molecule has 0 N–H and O–H groups in total. The Labute approximate surface area is 106 Å². The van der Waals surface area contributed by atoms with Crippen molar-refractivity contribution in [2.75, 3.05) is 6.54 Å². The van der Waals surface area contributed by atoms with Crippen molar-refractivity contribution >= 4 is 6.41 Å². The van der Waals surface area contributed by atoms with Crippen molar-refractivity contribution in [1.82, 2.24) is 4.90 Å². The largest absolute Gasteiger partial charge is 0.341 e. The molecule has 0 aromatic heterocycles. The van der Waals surface area contributed by atoms with Crippen molar-refractivity contribution in [2.45, 2.75) is 59.4 Å². The van der Waals surface area contributed by atoms with Crippen LogP contribution < -0.4 is 0 Å². The summed E-state index contributed by atoms with van der Waals surface area (Å²) < 4.78 is 0. The second-order valence-electron chi connectivity index (χ2n) is 6.72. The molecule has 4 atom stereocenters. The standard InChI is InChI=1S/C15H27NO/c1-5-6-7-8-11(2)14-13-12(15(13,3)4)9-16(14)10-17/h10-14H,5-9H2,1-4H3. The SMILES string of the molecule is CCCCCC(C)C1C2C(CN1C=O)C2(C)C. The number of hydrogen-bond donors (Lipinski definition) is 0. The molecule has 1 aliphatic heterocycles. The van der Waals surface area contributed by atoms with Gasteiger partial charge in [-0.05, 0) is 29.6 Å². The molecule has 1 amide bonds. The number of piperidine rings is 1. The summed E-state index contributed by atoms with van der Waals surface area (Å²) in [6, 6.07) is 0.518. The molecule has 1 saturated carbocycles. The van der Waals surface area contributed by atoms with Crippen LogP contribution in [-0.2, 0) is 4.79 Å². The zero-order chi connectivity index (χ0) is 12.6. The Bertz CT molecular complexity index is 287. The van der Waals surface area contributed by atoms with Crippen LogP contribution in [0, 0.1) is 23.2 Å². The van der Waals surface area contributed by atoms with E-state index < -0.39 is 0 Å². The molecule has 0 radical (unpaired) electrons. The van der Waals surface area contributed by atoms with Crippen molar-refractivity contribution in [2.24, 2.45) is 23.2 Å². The summed E-state index contributed by atoms with van der Waals surface area (Å²) in [5.74, 6) is 2.21. The molecule has 1 heterocycles. The van der Waals surface area contributed by atoms with Gasteiger partial charge in [-0.2, -0.15) is 0 Å². The van der Waals surface area contributed by atoms with Gasteiger partial charge in [0.2, 0.25) is 6.41 Å². The number of nitrogens with zero attached hydrogens (tertiary/aromatic N) is 1. The van der Waals surface area contributed by atoms with Gasteiger partial charge in [0.05, 0.1) is 0 Å². The zero-order valence-corrected chi connectivity index (χ0v) is 11.8. The second kappa shape index (κ2) is 4.62. The van der Waals surface area contributed by atoms with Crippen LogP contribution in [0.5, 0.6) is 0 Å². The van der Waals surface area contributed by atoms with Gasteiger partial charge in [0, 0.05) is 12.6 Å². The lowest BCUT2D eigenvalue weighted by atomic mass is 9.88. The van der Waals surface area contributed by atoms with Crippen molar-refractivity contribution in [1.29, 1.82) is 0 Å². The fraction of sp³-hybridized carbons (Fsp3) is 0.933. The Hall–Kier alpha value is -0.530. The molecular weight excluding hydrogens is 210 g/mol. The number of carbonyl (C=O) groups excluding carboxylic acids is 1. The minimum absolute atomic E-state index is 0.489. The van der Waals surface area contributed by atoms with E-state index in [0.29, 0.717) is 17.4 Å². The average Bonchev–Trinajstić information content (AvgIpc) is 2.68. The molecule has 1 saturated heterocycles. The molecule has 2 rings (SSSR count). The van der Waals surface area contributed by atoms with E-state index in [4.69, 9.17) is 0 Å². The molecule has 2 aliphatic rings. The first kappa shape index (κ1) is 12.9. The highest BCUT2D eigenvalue weighted by atomic mass is 16.1. The van der Waals surface area contributed by atoms with Gasteiger partial charge in [-0.3, -0.25) is 4.79 Å². The summed E-state index contributed by atoms with van der Waals surface area (Å²) in [5, 5.41) is 0. The quantitative estimate of drug-likeness (QED) is 0.512. The molecular formula is C15H27NO. The first-order valence-electron chi connectivity index (χ1n) is 7.25. The minimum Gasteiger partial charge on any atom is -0.341 e. The molecule has 0 aromatic carbocycles. The maximum absolute atomic E-state index is 11.2. The normalized spacial score (nSPS) is 35.5. The number of amides is 1. The van der Waals surface area contributed by atoms with E-state index >= 15 is 0 Å². The smallest absolute Gasteiger partial charge is 0.209 e. The Morgan fingerprint density at radius 3 is 2.71 bits per heavy atom. The Kier molecular flexibility index (Phi) is 3.51.